The summed E-state index contributed by atoms with van der Waals surface area (Å²) in [5.74, 6) is -2.88. The predicted molar refractivity (Wildman–Crippen MR) is 80.1 cm³/mol. The summed E-state index contributed by atoms with van der Waals surface area (Å²) in [6, 6.07) is -0.732. The van der Waals surface area contributed by atoms with Crippen molar-refractivity contribution in [1.29, 1.82) is 0 Å². The number of hydrogen-bond acceptors (Lipinski definition) is 6. The molecule has 0 spiro atoms. The van der Waals surface area contributed by atoms with Gasteiger partial charge in [-0.2, -0.15) is 0 Å². The minimum absolute atomic E-state index is 0.0476. The average Bonchev–Trinajstić information content (AvgIpc) is 2.77. The van der Waals surface area contributed by atoms with Crippen molar-refractivity contribution in [2.45, 2.75) is 30.7 Å². The second-order valence-corrected chi connectivity index (χ2v) is 5.95. The van der Waals surface area contributed by atoms with Gasteiger partial charge in [-0.3, -0.25) is 14.8 Å². The van der Waals surface area contributed by atoms with Crippen LogP contribution in [0.3, 0.4) is 0 Å². The Balaban J connectivity index is 2.79. The van der Waals surface area contributed by atoms with Crippen LogP contribution in [-0.4, -0.2) is 69.0 Å². The van der Waals surface area contributed by atoms with Crippen LogP contribution in [0, 0.1) is 5.92 Å². The van der Waals surface area contributed by atoms with Gasteiger partial charge in [-0.25, -0.2) is 4.79 Å². The molecule has 0 amide bonds. The van der Waals surface area contributed by atoms with Crippen LogP contribution in [0.25, 0.3) is 0 Å². The van der Waals surface area contributed by atoms with Gasteiger partial charge in [-0.05, 0) is 13.3 Å². The molecule has 1 heterocycles. The van der Waals surface area contributed by atoms with Crippen LogP contribution in [-0.2, 0) is 9.59 Å². The standard InChI is InChI=1S/C12H19N3O5S/c1-6(16)9(11(17)18)7-4-8(10(15-7)12(19)20)21-3-2-14-5-13/h5-9,16H,2-4H2,1H3,(H2,13,14)(H,17,18)(H,19,20)/t6-,7?,8?,9-/m1/s1. The number of aliphatic hydroxyl groups excluding tert-OH is 1. The molecule has 0 saturated heterocycles. The monoisotopic (exact) mass is 317 g/mol. The van der Waals surface area contributed by atoms with Gasteiger partial charge in [-0.15, -0.1) is 11.8 Å². The fourth-order valence-corrected chi connectivity index (χ4v) is 3.38. The zero-order valence-corrected chi connectivity index (χ0v) is 12.4. The van der Waals surface area contributed by atoms with Gasteiger partial charge >= 0.3 is 11.9 Å². The van der Waals surface area contributed by atoms with Crippen molar-refractivity contribution >= 4 is 35.8 Å². The number of rotatable bonds is 8. The Hall–Kier alpha value is -1.61. The number of hydrogen-bond donors (Lipinski definition) is 4. The van der Waals surface area contributed by atoms with Gasteiger partial charge < -0.3 is 21.1 Å². The Morgan fingerprint density at radius 3 is 2.71 bits per heavy atom. The molecule has 5 N–H and O–H groups in total. The van der Waals surface area contributed by atoms with Gasteiger partial charge in [0, 0.05) is 12.3 Å². The van der Waals surface area contributed by atoms with Gasteiger partial charge in [0.25, 0.3) is 0 Å². The zero-order valence-electron chi connectivity index (χ0n) is 11.5. The summed E-state index contributed by atoms with van der Waals surface area (Å²) in [7, 11) is 0. The summed E-state index contributed by atoms with van der Waals surface area (Å²) in [5.41, 5.74) is 5.07. The lowest BCUT2D eigenvalue weighted by Crippen LogP contribution is -2.35. The largest absolute Gasteiger partial charge is 0.481 e. The molecule has 0 aliphatic carbocycles. The molecular weight excluding hydrogens is 298 g/mol. The lowest BCUT2D eigenvalue weighted by molar-refractivity contribution is -0.146. The number of carboxylic acid groups (broad SMARTS) is 2. The fraction of sp³-hybridized carbons (Fsp3) is 0.667. The highest BCUT2D eigenvalue weighted by molar-refractivity contribution is 8.00. The van der Waals surface area contributed by atoms with Crippen LogP contribution >= 0.6 is 11.8 Å². The molecule has 0 saturated carbocycles. The number of carbonyl (C=O) groups is 2. The zero-order chi connectivity index (χ0) is 16.0. The maximum absolute atomic E-state index is 11.2. The van der Waals surface area contributed by atoms with Crippen molar-refractivity contribution < 1.29 is 24.9 Å². The highest BCUT2D eigenvalue weighted by Crippen LogP contribution is 2.31. The van der Waals surface area contributed by atoms with Crippen molar-refractivity contribution in [2.75, 3.05) is 12.3 Å². The smallest absolute Gasteiger partial charge is 0.350 e. The van der Waals surface area contributed by atoms with Crippen LogP contribution in [0.1, 0.15) is 13.3 Å². The quantitative estimate of drug-likeness (QED) is 0.267. The molecule has 21 heavy (non-hydrogen) atoms. The first-order valence-electron chi connectivity index (χ1n) is 6.42. The molecule has 0 radical (unpaired) electrons. The SMILES string of the molecule is C[C@@H](O)[C@@H](C(=O)O)C1CC(SCCN=CN)C(C(=O)O)=N1. The number of carboxylic acids is 2. The minimum Gasteiger partial charge on any atom is -0.481 e. The Morgan fingerprint density at radius 1 is 1.57 bits per heavy atom. The first kappa shape index (κ1) is 17.4. The summed E-state index contributed by atoms with van der Waals surface area (Å²) in [6.45, 7) is 1.82. The van der Waals surface area contributed by atoms with E-state index in [1.54, 1.807) is 0 Å². The molecule has 0 aromatic rings. The van der Waals surface area contributed by atoms with E-state index in [1.807, 2.05) is 0 Å². The van der Waals surface area contributed by atoms with E-state index in [9.17, 15) is 14.7 Å². The third-order valence-corrected chi connectivity index (χ3v) is 4.39. The normalized spacial score (nSPS) is 24.8. The summed E-state index contributed by atoms with van der Waals surface area (Å²) in [4.78, 5) is 30.2. The molecule has 118 valence electrons. The van der Waals surface area contributed by atoms with Crippen molar-refractivity contribution in [3.05, 3.63) is 0 Å². The molecule has 1 rings (SSSR count). The Labute approximate surface area is 126 Å². The van der Waals surface area contributed by atoms with E-state index in [1.165, 1.54) is 25.0 Å². The van der Waals surface area contributed by atoms with Crippen molar-refractivity contribution in [1.82, 2.24) is 0 Å². The molecule has 0 fully saturated rings. The molecule has 2 unspecified atom stereocenters. The summed E-state index contributed by atoms with van der Waals surface area (Å²) < 4.78 is 0. The second kappa shape index (κ2) is 7.99. The number of nitrogens with two attached hydrogens (primary N) is 1. The number of aliphatic carboxylic acids is 2. The molecule has 0 aromatic carbocycles. The topological polar surface area (TPSA) is 146 Å². The third kappa shape index (κ3) is 4.71. The van der Waals surface area contributed by atoms with E-state index < -0.39 is 35.3 Å². The Bertz CT molecular complexity index is 452. The van der Waals surface area contributed by atoms with Crippen LogP contribution in [0.2, 0.25) is 0 Å². The third-order valence-electron chi connectivity index (χ3n) is 3.15. The van der Waals surface area contributed by atoms with Crippen LogP contribution < -0.4 is 5.73 Å². The number of aliphatic hydroxyl groups is 1. The fourth-order valence-electron chi connectivity index (χ4n) is 2.23. The minimum atomic E-state index is -1.18. The van der Waals surface area contributed by atoms with Gasteiger partial charge in [0.2, 0.25) is 0 Å². The maximum atomic E-state index is 11.2. The average molecular weight is 317 g/mol. The summed E-state index contributed by atoms with van der Waals surface area (Å²) >= 11 is 1.35. The Kier molecular flexibility index (Phi) is 6.63. The molecule has 0 aromatic heterocycles. The summed E-state index contributed by atoms with van der Waals surface area (Å²) in [6.07, 6.45) is 0.357. The molecular formula is C12H19N3O5S. The van der Waals surface area contributed by atoms with Crippen LogP contribution in [0.15, 0.2) is 9.98 Å². The van der Waals surface area contributed by atoms with Gasteiger partial charge in [-0.1, -0.05) is 0 Å². The summed E-state index contributed by atoms with van der Waals surface area (Å²) in [5, 5.41) is 27.5. The van der Waals surface area contributed by atoms with Gasteiger partial charge in [0.15, 0.2) is 0 Å². The first-order chi connectivity index (χ1) is 9.88. The van der Waals surface area contributed by atoms with E-state index in [0.717, 1.165) is 0 Å². The highest BCUT2D eigenvalue weighted by atomic mass is 32.2. The van der Waals surface area contributed by atoms with E-state index >= 15 is 0 Å². The maximum Gasteiger partial charge on any atom is 0.350 e. The lowest BCUT2D eigenvalue weighted by Gasteiger charge is -2.20. The lowest BCUT2D eigenvalue weighted by atomic mass is 9.93. The van der Waals surface area contributed by atoms with Crippen molar-refractivity contribution in [3.63, 3.8) is 0 Å². The number of nitrogens with zero attached hydrogens (tertiary/aromatic N) is 2. The molecule has 1 aliphatic rings. The molecule has 1 aliphatic heterocycles. The van der Waals surface area contributed by atoms with Crippen LogP contribution in [0.5, 0.6) is 0 Å². The van der Waals surface area contributed by atoms with Crippen LogP contribution in [0.4, 0.5) is 0 Å². The van der Waals surface area contributed by atoms with E-state index in [0.29, 0.717) is 12.3 Å². The molecule has 9 heteroatoms. The first-order valence-corrected chi connectivity index (χ1v) is 7.46. The predicted octanol–water partition coefficient (Wildman–Crippen LogP) is -0.545. The van der Waals surface area contributed by atoms with Crippen molar-refractivity contribution in [3.8, 4) is 0 Å². The van der Waals surface area contributed by atoms with Gasteiger partial charge in [0.05, 0.1) is 23.7 Å². The van der Waals surface area contributed by atoms with Gasteiger partial charge in [0.1, 0.15) is 11.6 Å². The Morgan fingerprint density at radius 2 is 2.24 bits per heavy atom. The van der Waals surface area contributed by atoms with Crippen molar-refractivity contribution in [2.24, 2.45) is 21.6 Å². The second-order valence-electron chi connectivity index (χ2n) is 4.64. The molecule has 8 nitrogen and oxygen atoms in total. The highest BCUT2D eigenvalue weighted by Gasteiger charge is 2.41. The molecule has 4 atom stereocenters. The molecule has 0 bridgehead atoms. The van der Waals surface area contributed by atoms with E-state index in [4.69, 9.17) is 15.9 Å². The number of aliphatic imine (C=N–C) groups is 2. The van der Waals surface area contributed by atoms with E-state index in [-0.39, 0.29) is 12.1 Å². The van der Waals surface area contributed by atoms with E-state index in [2.05, 4.69) is 9.98 Å². The number of thioether (sulfide) groups is 1.